The van der Waals surface area contributed by atoms with E-state index in [1.165, 1.54) is 0 Å². The third-order valence-corrected chi connectivity index (χ3v) is 4.70. The maximum absolute atomic E-state index is 12.6. The molecule has 0 aliphatic carbocycles. The highest BCUT2D eigenvalue weighted by Gasteiger charge is 2.33. The molecule has 1 aromatic heterocycles. The largest absolute Gasteiger partial charge is 0.434 e. The SMILES string of the molecule is CCNC(=NCCc1nc(C(F)(F)F)cs1)N1CCN(C(C)=O)CC1. The summed E-state index contributed by atoms with van der Waals surface area (Å²) in [4.78, 5) is 23.3. The van der Waals surface area contributed by atoms with Gasteiger partial charge in [0.25, 0.3) is 0 Å². The van der Waals surface area contributed by atoms with Crippen molar-refractivity contribution in [3.63, 3.8) is 0 Å². The molecule has 25 heavy (non-hydrogen) atoms. The van der Waals surface area contributed by atoms with Crippen LogP contribution in [0.2, 0.25) is 0 Å². The molecule has 6 nitrogen and oxygen atoms in total. The monoisotopic (exact) mass is 377 g/mol. The summed E-state index contributed by atoms with van der Waals surface area (Å²) >= 11 is 1.00. The molecule has 0 saturated carbocycles. The maximum atomic E-state index is 12.6. The van der Waals surface area contributed by atoms with Crippen LogP contribution >= 0.6 is 11.3 Å². The van der Waals surface area contributed by atoms with Gasteiger partial charge in [-0.15, -0.1) is 11.3 Å². The molecule has 1 aromatic rings. The van der Waals surface area contributed by atoms with E-state index in [4.69, 9.17) is 0 Å². The van der Waals surface area contributed by atoms with Crippen LogP contribution in [0.15, 0.2) is 10.4 Å². The molecule has 0 unspecified atom stereocenters. The molecule has 2 heterocycles. The molecule has 1 saturated heterocycles. The van der Waals surface area contributed by atoms with Crippen molar-refractivity contribution in [3.05, 3.63) is 16.1 Å². The number of alkyl halides is 3. The molecule has 2 rings (SSSR count). The van der Waals surface area contributed by atoms with Gasteiger partial charge < -0.3 is 15.1 Å². The van der Waals surface area contributed by atoms with E-state index < -0.39 is 11.9 Å². The van der Waals surface area contributed by atoms with Gasteiger partial charge in [-0.25, -0.2) is 4.98 Å². The highest BCUT2D eigenvalue weighted by Crippen LogP contribution is 2.30. The first-order chi connectivity index (χ1) is 11.8. The van der Waals surface area contributed by atoms with Crippen LogP contribution in [0.3, 0.4) is 0 Å². The number of aromatic nitrogens is 1. The zero-order valence-corrected chi connectivity index (χ0v) is 15.1. The molecule has 1 aliphatic heterocycles. The smallest absolute Gasteiger partial charge is 0.357 e. The highest BCUT2D eigenvalue weighted by atomic mass is 32.1. The van der Waals surface area contributed by atoms with E-state index in [2.05, 4.69) is 20.2 Å². The van der Waals surface area contributed by atoms with Crippen molar-refractivity contribution in [2.24, 2.45) is 4.99 Å². The number of halogens is 3. The fourth-order valence-electron chi connectivity index (χ4n) is 2.47. The standard InChI is InChI=1S/C15H22F3N5OS/c1-3-19-14(23-8-6-22(7-9-23)11(2)24)20-5-4-13-21-12(10-25-13)15(16,17)18/h10H,3-9H2,1-2H3,(H,19,20). The molecule has 140 valence electrons. The number of aliphatic imine (C=N–C) groups is 1. The lowest BCUT2D eigenvalue weighted by Gasteiger charge is -2.36. The van der Waals surface area contributed by atoms with Crippen LogP contribution in [0.25, 0.3) is 0 Å². The van der Waals surface area contributed by atoms with Gasteiger partial charge in [0, 0.05) is 58.0 Å². The Labute approximate surface area is 148 Å². The number of nitrogens with one attached hydrogen (secondary N) is 1. The van der Waals surface area contributed by atoms with Gasteiger partial charge in [0.1, 0.15) is 0 Å². The molecule has 1 amide bonds. The number of piperazine rings is 1. The maximum Gasteiger partial charge on any atom is 0.434 e. The Morgan fingerprint density at radius 2 is 1.96 bits per heavy atom. The number of carbonyl (C=O) groups is 1. The molecule has 1 fully saturated rings. The Balaban J connectivity index is 1.91. The van der Waals surface area contributed by atoms with E-state index >= 15 is 0 Å². The lowest BCUT2D eigenvalue weighted by Crippen LogP contribution is -2.53. The minimum absolute atomic E-state index is 0.0610. The number of nitrogens with zero attached hydrogens (tertiary/aromatic N) is 4. The van der Waals surface area contributed by atoms with Gasteiger partial charge in [-0.1, -0.05) is 0 Å². The Morgan fingerprint density at radius 1 is 1.32 bits per heavy atom. The van der Waals surface area contributed by atoms with E-state index in [0.29, 0.717) is 50.7 Å². The molecule has 0 bridgehead atoms. The van der Waals surface area contributed by atoms with Gasteiger partial charge >= 0.3 is 6.18 Å². The molecule has 0 radical (unpaired) electrons. The van der Waals surface area contributed by atoms with Crippen LogP contribution in [0, 0.1) is 0 Å². The van der Waals surface area contributed by atoms with Gasteiger partial charge in [0.2, 0.25) is 5.91 Å². The van der Waals surface area contributed by atoms with Gasteiger partial charge in [-0.3, -0.25) is 9.79 Å². The summed E-state index contributed by atoms with van der Waals surface area (Å²) in [5.74, 6) is 0.782. The van der Waals surface area contributed by atoms with Crippen LogP contribution in [0.1, 0.15) is 24.5 Å². The van der Waals surface area contributed by atoms with Crippen LogP contribution in [0.5, 0.6) is 0 Å². The third-order valence-electron chi connectivity index (χ3n) is 3.79. The average Bonchev–Trinajstić information content (AvgIpc) is 3.03. The van der Waals surface area contributed by atoms with E-state index in [-0.39, 0.29) is 5.91 Å². The predicted molar refractivity (Wildman–Crippen MR) is 90.6 cm³/mol. The molecule has 0 atom stereocenters. The van der Waals surface area contributed by atoms with E-state index in [1.807, 2.05) is 6.92 Å². The van der Waals surface area contributed by atoms with Crippen LogP contribution in [-0.2, 0) is 17.4 Å². The zero-order valence-electron chi connectivity index (χ0n) is 14.3. The fraction of sp³-hybridized carbons (Fsp3) is 0.667. The van der Waals surface area contributed by atoms with Crippen molar-refractivity contribution in [2.45, 2.75) is 26.4 Å². The molecule has 1 aliphatic rings. The molecule has 10 heteroatoms. The third kappa shape index (κ3) is 5.58. The first-order valence-corrected chi connectivity index (χ1v) is 8.99. The Morgan fingerprint density at radius 3 is 2.48 bits per heavy atom. The number of amides is 1. The summed E-state index contributed by atoms with van der Waals surface area (Å²) in [7, 11) is 0. The minimum Gasteiger partial charge on any atom is -0.357 e. The van der Waals surface area contributed by atoms with Crippen LogP contribution < -0.4 is 5.32 Å². The molecular weight excluding hydrogens is 355 g/mol. The van der Waals surface area contributed by atoms with Crippen molar-refractivity contribution in [1.82, 2.24) is 20.1 Å². The second kappa shape index (κ2) is 8.50. The Hall–Kier alpha value is -1.84. The van der Waals surface area contributed by atoms with Crippen molar-refractivity contribution < 1.29 is 18.0 Å². The Kier molecular flexibility index (Phi) is 6.63. The average molecular weight is 377 g/mol. The van der Waals surface area contributed by atoms with Gasteiger partial charge in [-0.2, -0.15) is 13.2 Å². The van der Waals surface area contributed by atoms with Crippen molar-refractivity contribution in [2.75, 3.05) is 39.3 Å². The summed E-state index contributed by atoms with van der Waals surface area (Å²) in [6.07, 6.45) is -4.04. The molecule has 1 N–H and O–H groups in total. The number of hydrogen-bond donors (Lipinski definition) is 1. The number of carbonyl (C=O) groups excluding carboxylic acids is 1. The normalized spacial score (nSPS) is 16.3. The molecular formula is C15H22F3N5OS. The van der Waals surface area contributed by atoms with E-state index in [1.54, 1.807) is 11.8 Å². The fourth-order valence-corrected chi connectivity index (χ4v) is 3.27. The Bertz CT molecular complexity index is 609. The van der Waals surface area contributed by atoms with Gasteiger partial charge in [0.15, 0.2) is 11.7 Å². The van der Waals surface area contributed by atoms with E-state index in [9.17, 15) is 18.0 Å². The second-order valence-corrected chi connectivity index (χ2v) is 6.55. The highest BCUT2D eigenvalue weighted by molar-refractivity contribution is 7.09. The summed E-state index contributed by atoms with van der Waals surface area (Å²) in [6, 6.07) is 0. The number of rotatable bonds is 4. The first-order valence-electron chi connectivity index (χ1n) is 8.11. The number of thiazole rings is 1. The summed E-state index contributed by atoms with van der Waals surface area (Å²) in [5, 5.41) is 4.64. The second-order valence-electron chi connectivity index (χ2n) is 5.60. The lowest BCUT2D eigenvalue weighted by atomic mass is 10.3. The number of hydrogen-bond acceptors (Lipinski definition) is 4. The zero-order chi connectivity index (χ0) is 18.4. The van der Waals surface area contributed by atoms with Crippen molar-refractivity contribution in [1.29, 1.82) is 0 Å². The summed E-state index contributed by atoms with van der Waals surface area (Å²) in [6.45, 7) is 7.21. The first kappa shape index (κ1) is 19.5. The quantitative estimate of drug-likeness (QED) is 0.643. The van der Waals surface area contributed by atoms with Gasteiger partial charge in [-0.05, 0) is 6.92 Å². The minimum atomic E-state index is -4.40. The molecule has 0 spiro atoms. The lowest BCUT2D eigenvalue weighted by molar-refractivity contribution is -0.140. The van der Waals surface area contributed by atoms with Crippen molar-refractivity contribution in [3.8, 4) is 0 Å². The topological polar surface area (TPSA) is 60.8 Å². The van der Waals surface area contributed by atoms with Gasteiger partial charge in [0.05, 0.1) is 5.01 Å². The van der Waals surface area contributed by atoms with E-state index in [0.717, 1.165) is 22.7 Å². The van der Waals surface area contributed by atoms with Crippen molar-refractivity contribution >= 4 is 23.2 Å². The number of guanidine groups is 1. The summed E-state index contributed by atoms with van der Waals surface area (Å²) < 4.78 is 37.7. The summed E-state index contributed by atoms with van der Waals surface area (Å²) in [5.41, 5.74) is -0.844. The van der Waals surface area contributed by atoms with Crippen LogP contribution in [0.4, 0.5) is 13.2 Å². The van der Waals surface area contributed by atoms with Crippen LogP contribution in [-0.4, -0.2) is 65.9 Å². The predicted octanol–water partition coefficient (Wildman–Crippen LogP) is 1.83. The molecule has 0 aromatic carbocycles.